The Hall–Kier alpha value is -3.97. The van der Waals surface area contributed by atoms with Crippen LogP contribution in [-0.4, -0.2) is 25.4 Å². The van der Waals surface area contributed by atoms with Crippen LogP contribution in [0.1, 0.15) is 29.0 Å². The molecule has 1 unspecified atom stereocenters. The number of nitrogens with one attached hydrogen (secondary N) is 2. The summed E-state index contributed by atoms with van der Waals surface area (Å²) in [5.41, 5.74) is 2.54. The first kappa shape index (κ1) is 20.0. The molecule has 3 heterocycles. The van der Waals surface area contributed by atoms with E-state index in [1.54, 1.807) is 29.0 Å². The highest BCUT2D eigenvalue weighted by Crippen LogP contribution is 2.26. The smallest absolute Gasteiger partial charge is 0.264 e. The van der Waals surface area contributed by atoms with Crippen LogP contribution >= 0.6 is 11.6 Å². The van der Waals surface area contributed by atoms with Crippen LogP contribution in [0.2, 0.25) is 5.02 Å². The third kappa shape index (κ3) is 3.33. The van der Waals surface area contributed by atoms with E-state index in [2.05, 4.69) is 20.3 Å². The number of para-hydroxylation sites is 1. The van der Waals surface area contributed by atoms with Gasteiger partial charge in [-0.3, -0.25) is 14.2 Å². The zero-order valence-corrected chi connectivity index (χ0v) is 17.8. The first-order chi connectivity index (χ1) is 15.5. The van der Waals surface area contributed by atoms with Crippen molar-refractivity contribution < 1.29 is 4.79 Å². The Bertz CT molecular complexity index is 1520. The summed E-state index contributed by atoms with van der Waals surface area (Å²) in [6, 6.07) is 17.7. The molecule has 0 bridgehead atoms. The highest BCUT2D eigenvalue weighted by Gasteiger charge is 2.21. The lowest BCUT2D eigenvalue weighted by atomic mass is 10.1. The third-order valence-electron chi connectivity index (χ3n) is 5.40. The van der Waals surface area contributed by atoms with Gasteiger partial charge in [0.15, 0.2) is 5.65 Å². The van der Waals surface area contributed by atoms with Gasteiger partial charge in [-0.05, 0) is 42.6 Å². The van der Waals surface area contributed by atoms with Gasteiger partial charge in [-0.15, -0.1) is 0 Å². The van der Waals surface area contributed by atoms with Gasteiger partial charge < -0.3 is 10.3 Å². The first-order valence-electron chi connectivity index (χ1n) is 10.0. The summed E-state index contributed by atoms with van der Waals surface area (Å²) in [4.78, 5) is 37.8. The maximum Gasteiger partial charge on any atom is 0.264 e. The normalized spacial score (nSPS) is 12.2. The van der Waals surface area contributed by atoms with Gasteiger partial charge in [-0.25, -0.2) is 9.97 Å². The number of aromatic amines is 1. The van der Waals surface area contributed by atoms with Crippen LogP contribution in [0.15, 0.2) is 78.0 Å². The Morgan fingerprint density at radius 2 is 1.91 bits per heavy atom. The minimum atomic E-state index is -0.482. The average molecular weight is 444 g/mol. The molecule has 0 saturated carbocycles. The average Bonchev–Trinajstić information content (AvgIpc) is 3.28. The standard InChI is InChI=1S/C24H18ClN5O2/c1-14(29-23(31)17-10-11-26-22-21(17)27-13-28-22)19-12-15-6-5-9-18(25)20(15)24(32)30(19)16-7-3-2-4-8-16/h2-14H,1H3,(H,29,31)(H,26,27,28). The fourth-order valence-electron chi connectivity index (χ4n) is 3.89. The molecular weight excluding hydrogens is 426 g/mol. The molecule has 0 saturated heterocycles. The maximum absolute atomic E-state index is 13.5. The minimum Gasteiger partial charge on any atom is -0.344 e. The van der Waals surface area contributed by atoms with Crippen LogP contribution in [-0.2, 0) is 0 Å². The lowest BCUT2D eigenvalue weighted by Crippen LogP contribution is -2.32. The van der Waals surface area contributed by atoms with E-state index in [0.717, 1.165) is 0 Å². The number of benzene rings is 2. The van der Waals surface area contributed by atoms with Gasteiger partial charge in [0.1, 0.15) is 0 Å². The van der Waals surface area contributed by atoms with Crippen molar-refractivity contribution in [3.05, 3.63) is 99.8 Å². The van der Waals surface area contributed by atoms with Crippen LogP contribution in [0.4, 0.5) is 0 Å². The lowest BCUT2D eigenvalue weighted by molar-refractivity contribution is 0.0940. The van der Waals surface area contributed by atoms with Crippen molar-refractivity contribution in [2.45, 2.75) is 13.0 Å². The number of pyridine rings is 2. The Kier molecular flexibility index (Phi) is 4.95. The Balaban J connectivity index is 1.63. The summed E-state index contributed by atoms with van der Waals surface area (Å²) >= 11 is 6.36. The molecule has 0 radical (unpaired) electrons. The predicted molar refractivity (Wildman–Crippen MR) is 124 cm³/mol. The predicted octanol–water partition coefficient (Wildman–Crippen LogP) is 4.41. The Morgan fingerprint density at radius 1 is 1.09 bits per heavy atom. The molecule has 0 aliphatic carbocycles. The second-order valence-corrected chi connectivity index (χ2v) is 7.81. The van der Waals surface area contributed by atoms with Crippen molar-refractivity contribution in [3.8, 4) is 5.69 Å². The first-order valence-corrected chi connectivity index (χ1v) is 10.4. The number of rotatable bonds is 4. The van der Waals surface area contributed by atoms with Gasteiger partial charge in [0.2, 0.25) is 0 Å². The number of imidazole rings is 1. The van der Waals surface area contributed by atoms with Crippen LogP contribution < -0.4 is 10.9 Å². The van der Waals surface area contributed by atoms with Crippen molar-refractivity contribution in [1.29, 1.82) is 0 Å². The van der Waals surface area contributed by atoms with Crippen LogP contribution in [0.3, 0.4) is 0 Å². The summed E-state index contributed by atoms with van der Waals surface area (Å²) in [6.45, 7) is 1.84. The lowest BCUT2D eigenvalue weighted by Gasteiger charge is -2.21. The molecule has 2 N–H and O–H groups in total. The molecule has 3 aromatic heterocycles. The highest BCUT2D eigenvalue weighted by atomic mass is 35.5. The van der Waals surface area contributed by atoms with Crippen molar-refractivity contribution in [2.75, 3.05) is 0 Å². The molecular formula is C24H18ClN5O2. The van der Waals surface area contributed by atoms with E-state index in [-0.39, 0.29) is 11.5 Å². The largest absolute Gasteiger partial charge is 0.344 e. The molecule has 0 aliphatic rings. The molecule has 2 aromatic carbocycles. The van der Waals surface area contributed by atoms with Crippen molar-refractivity contribution in [1.82, 2.24) is 24.8 Å². The van der Waals surface area contributed by atoms with Crippen molar-refractivity contribution >= 4 is 39.4 Å². The van der Waals surface area contributed by atoms with Crippen LogP contribution in [0.5, 0.6) is 0 Å². The fourth-order valence-corrected chi connectivity index (χ4v) is 4.15. The fraction of sp³-hybridized carbons (Fsp3) is 0.0833. The number of hydrogen-bond acceptors (Lipinski definition) is 4. The van der Waals surface area contributed by atoms with E-state index in [1.165, 1.54) is 6.33 Å². The number of carbonyl (C=O) groups is 1. The molecule has 1 atom stereocenters. The molecule has 7 nitrogen and oxygen atoms in total. The summed E-state index contributed by atoms with van der Waals surface area (Å²) in [5.74, 6) is -0.299. The molecule has 0 spiro atoms. The molecule has 8 heteroatoms. The second-order valence-electron chi connectivity index (χ2n) is 7.40. The molecule has 158 valence electrons. The zero-order chi connectivity index (χ0) is 22.2. The van der Waals surface area contributed by atoms with Crippen LogP contribution in [0, 0.1) is 0 Å². The molecule has 5 aromatic rings. The molecule has 5 rings (SSSR count). The van der Waals surface area contributed by atoms with Gasteiger partial charge in [0.25, 0.3) is 11.5 Å². The molecule has 32 heavy (non-hydrogen) atoms. The Morgan fingerprint density at radius 3 is 2.72 bits per heavy atom. The monoisotopic (exact) mass is 443 g/mol. The van der Waals surface area contributed by atoms with E-state index in [9.17, 15) is 9.59 Å². The van der Waals surface area contributed by atoms with Gasteiger partial charge in [0.05, 0.1) is 33.9 Å². The second kappa shape index (κ2) is 7.94. The number of hydrogen-bond donors (Lipinski definition) is 2. The highest BCUT2D eigenvalue weighted by molar-refractivity contribution is 6.35. The number of aromatic nitrogens is 4. The van der Waals surface area contributed by atoms with Gasteiger partial charge >= 0.3 is 0 Å². The van der Waals surface area contributed by atoms with Crippen molar-refractivity contribution in [3.63, 3.8) is 0 Å². The number of nitrogens with zero attached hydrogens (tertiary/aromatic N) is 3. The SMILES string of the molecule is CC(NC(=O)c1ccnc2nc[nH]c12)c1cc2cccc(Cl)c2c(=O)n1-c1ccccc1. The van der Waals surface area contributed by atoms with Gasteiger partial charge in [-0.2, -0.15) is 0 Å². The van der Waals surface area contributed by atoms with Crippen molar-refractivity contribution in [2.24, 2.45) is 0 Å². The summed E-state index contributed by atoms with van der Waals surface area (Å²) in [7, 11) is 0. The van der Waals surface area contributed by atoms with Gasteiger partial charge in [0, 0.05) is 17.6 Å². The quantitative estimate of drug-likeness (QED) is 0.430. The minimum absolute atomic E-state index is 0.240. The van der Waals surface area contributed by atoms with E-state index in [1.807, 2.05) is 49.4 Å². The number of carbonyl (C=O) groups excluding carboxylic acids is 1. The Labute approximate surface area is 187 Å². The molecule has 1 amide bonds. The zero-order valence-electron chi connectivity index (χ0n) is 17.0. The summed E-state index contributed by atoms with van der Waals surface area (Å²) in [5, 5.41) is 4.54. The topological polar surface area (TPSA) is 92.7 Å². The van der Waals surface area contributed by atoms with E-state index >= 15 is 0 Å². The summed E-state index contributed by atoms with van der Waals surface area (Å²) < 4.78 is 1.59. The summed E-state index contributed by atoms with van der Waals surface area (Å²) in [6.07, 6.45) is 3.04. The van der Waals surface area contributed by atoms with E-state index in [4.69, 9.17) is 11.6 Å². The third-order valence-corrected chi connectivity index (χ3v) is 5.72. The van der Waals surface area contributed by atoms with Gasteiger partial charge in [-0.1, -0.05) is 41.9 Å². The maximum atomic E-state index is 13.5. The number of amides is 1. The number of H-pyrrole nitrogens is 1. The van der Waals surface area contributed by atoms with E-state index < -0.39 is 6.04 Å². The number of halogens is 1. The molecule has 0 aliphatic heterocycles. The van der Waals surface area contributed by atoms with Crippen LogP contribution in [0.25, 0.3) is 27.6 Å². The molecule has 0 fully saturated rings. The van der Waals surface area contributed by atoms with E-state index in [0.29, 0.717) is 43.9 Å². The number of fused-ring (bicyclic) bond motifs is 2.